The van der Waals surface area contributed by atoms with Crippen LogP contribution in [-0.4, -0.2) is 23.7 Å². The third kappa shape index (κ3) is 0.653. The smallest absolute Gasteiger partial charge is 0.226 e. The largest absolute Gasteiger partial charge is 0.353 e. The Kier molecular flexibility index (Phi) is 1.17. The van der Waals surface area contributed by atoms with Crippen LogP contribution in [0.5, 0.6) is 0 Å². The van der Waals surface area contributed by atoms with Crippen molar-refractivity contribution in [2.75, 3.05) is 0 Å². The SMILES string of the molecule is O=C1NC2CCCC34CC(OO3)C1C24. The van der Waals surface area contributed by atoms with E-state index in [1.54, 1.807) is 0 Å². The first-order valence-electron chi connectivity index (χ1n) is 5.45. The van der Waals surface area contributed by atoms with E-state index < -0.39 is 0 Å². The van der Waals surface area contributed by atoms with Crippen molar-refractivity contribution in [3.8, 4) is 0 Å². The average molecular weight is 195 g/mol. The lowest BCUT2D eigenvalue weighted by Gasteiger charge is -2.39. The summed E-state index contributed by atoms with van der Waals surface area (Å²) in [5.74, 6) is 0.661. The Morgan fingerprint density at radius 1 is 1.50 bits per heavy atom. The minimum atomic E-state index is -0.114. The molecule has 0 aromatic carbocycles. The third-order valence-electron chi connectivity index (χ3n) is 4.46. The first-order valence-corrected chi connectivity index (χ1v) is 5.45. The van der Waals surface area contributed by atoms with Crippen LogP contribution in [0.4, 0.5) is 0 Å². The third-order valence-corrected chi connectivity index (χ3v) is 4.46. The van der Waals surface area contributed by atoms with Gasteiger partial charge in [-0.05, 0) is 19.3 Å². The van der Waals surface area contributed by atoms with Crippen molar-refractivity contribution in [1.82, 2.24) is 5.32 Å². The van der Waals surface area contributed by atoms with Crippen molar-refractivity contribution < 1.29 is 14.6 Å². The van der Waals surface area contributed by atoms with Gasteiger partial charge < -0.3 is 5.32 Å². The van der Waals surface area contributed by atoms with Gasteiger partial charge in [0, 0.05) is 18.4 Å². The summed E-state index contributed by atoms with van der Waals surface area (Å²) in [6.07, 6.45) is 4.29. The van der Waals surface area contributed by atoms with Gasteiger partial charge in [0.05, 0.1) is 5.92 Å². The summed E-state index contributed by atoms with van der Waals surface area (Å²) >= 11 is 0. The lowest BCUT2D eigenvalue weighted by molar-refractivity contribution is -0.373. The number of nitrogens with one attached hydrogen (secondary N) is 1. The fourth-order valence-corrected chi connectivity index (χ4v) is 4.00. The fourth-order valence-electron chi connectivity index (χ4n) is 4.00. The van der Waals surface area contributed by atoms with Gasteiger partial charge in [0.25, 0.3) is 0 Å². The summed E-state index contributed by atoms with van der Waals surface area (Å²) in [5.41, 5.74) is -0.114. The van der Waals surface area contributed by atoms with Crippen molar-refractivity contribution in [2.24, 2.45) is 11.8 Å². The second kappa shape index (κ2) is 2.14. The number of fused-ring (bicyclic) bond motifs is 2. The molecule has 0 aromatic heterocycles. The minimum Gasteiger partial charge on any atom is -0.353 e. The molecule has 2 bridgehead atoms. The quantitative estimate of drug-likeness (QED) is 0.568. The van der Waals surface area contributed by atoms with Gasteiger partial charge in [-0.3, -0.25) is 4.79 Å². The molecule has 14 heavy (non-hydrogen) atoms. The van der Waals surface area contributed by atoms with E-state index in [2.05, 4.69) is 5.32 Å². The highest BCUT2D eigenvalue weighted by atomic mass is 17.2. The zero-order valence-corrected chi connectivity index (χ0v) is 7.86. The van der Waals surface area contributed by atoms with Crippen LogP contribution in [0.1, 0.15) is 25.7 Å². The molecule has 1 spiro atoms. The van der Waals surface area contributed by atoms with Gasteiger partial charge in [0.15, 0.2) is 0 Å². The lowest BCUT2D eigenvalue weighted by Crippen LogP contribution is -2.47. The predicted octanol–water partition coefficient (Wildman–Crippen LogP) is 0.374. The van der Waals surface area contributed by atoms with Crippen molar-refractivity contribution in [2.45, 2.75) is 43.4 Å². The molecular weight excluding hydrogens is 182 g/mol. The minimum absolute atomic E-state index is 0.0306. The number of rotatable bonds is 0. The molecule has 4 rings (SSSR count). The fraction of sp³-hybridized carbons (Fsp3) is 0.900. The molecule has 2 heterocycles. The van der Waals surface area contributed by atoms with Crippen LogP contribution in [-0.2, 0) is 14.6 Å². The molecule has 2 saturated heterocycles. The maximum Gasteiger partial charge on any atom is 0.226 e. The molecule has 76 valence electrons. The zero-order chi connectivity index (χ0) is 9.34. The molecule has 5 atom stereocenters. The second-order valence-electron chi connectivity index (χ2n) is 5.05. The monoisotopic (exact) mass is 195 g/mol. The van der Waals surface area contributed by atoms with E-state index in [9.17, 15) is 4.79 Å². The van der Waals surface area contributed by atoms with Gasteiger partial charge in [-0.15, -0.1) is 0 Å². The molecule has 0 aromatic rings. The summed E-state index contributed by atoms with van der Waals surface area (Å²) in [6, 6.07) is 0.357. The van der Waals surface area contributed by atoms with Crippen LogP contribution in [0.2, 0.25) is 0 Å². The van der Waals surface area contributed by atoms with Crippen LogP contribution < -0.4 is 5.32 Å². The van der Waals surface area contributed by atoms with Crippen molar-refractivity contribution in [1.29, 1.82) is 0 Å². The maximum atomic E-state index is 11.7. The van der Waals surface area contributed by atoms with Crippen molar-refractivity contribution >= 4 is 5.91 Å². The molecule has 0 radical (unpaired) electrons. The Morgan fingerprint density at radius 2 is 2.43 bits per heavy atom. The van der Waals surface area contributed by atoms with Crippen LogP contribution in [0.15, 0.2) is 0 Å². The van der Waals surface area contributed by atoms with E-state index in [4.69, 9.17) is 9.78 Å². The highest BCUT2D eigenvalue weighted by Crippen LogP contribution is 2.58. The first-order chi connectivity index (χ1) is 6.80. The lowest BCUT2D eigenvalue weighted by atomic mass is 9.73. The molecule has 5 unspecified atom stereocenters. The number of hydrogen-bond donors (Lipinski definition) is 1. The number of amides is 1. The van der Waals surface area contributed by atoms with E-state index in [0.717, 1.165) is 25.7 Å². The normalized spacial score (nSPS) is 58.7. The Labute approximate surface area is 81.9 Å². The molecule has 2 aliphatic carbocycles. The predicted molar refractivity (Wildman–Crippen MR) is 46.1 cm³/mol. The van der Waals surface area contributed by atoms with E-state index in [0.29, 0.717) is 12.0 Å². The maximum absolute atomic E-state index is 11.7. The summed E-state index contributed by atoms with van der Waals surface area (Å²) in [6.45, 7) is 0. The van der Waals surface area contributed by atoms with Crippen LogP contribution >= 0.6 is 0 Å². The molecule has 4 aliphatic rings. The standard InChI is InChI=1S/C10H13NO3/c12-9-7-6-4-10(14-13-6)3-1-2-5(11-9)8(7)10/h5-8H,1-4H2,(H,11,12). The van der Waals surface area contributed by atoms with Gasteiger partial charge >= 0.3 is 0 Å². The molecule has 4 fully saturated rings. The molecular formula is C10H13NO3. The summed E-state index contributed by atoms with van der Waals surface area (Å²) in [7, 11) is 0. The second-order valence-corrected chi connectivity index (χ2v) is 5.05. The highest BCUT2D eigenvalue weighted by molar-refractivity contribution is 5.83. The van der Waals surface area contributed by atoms with Gasteiger partial charge in [0.2, 0.25) is 5.91 Å². The molecule has 2 saturated carbocycles. The molecule has 2 aliphatic heterocycles. The van der Waals surface area contributed by atoms with Gasteiger partial charge in [-0.1, -0.05) is 0 Å². The van der Waals surface area contributed by atoms with Crippen molar-refractivity contribution in [3.63, 3.8) is 0 Å². The van der Waals surface area contributed by atoms with E-state index in [1.165, 1.54) is 0 Å². The Hall–Kier alpha value is -0.610. The van der Waals surface area contributed by atoms with Crippen LogP contribution in [0.25, 0.3) is 0 Å². The number of hydrogen-bond acceptors (Lipinski definition) is 3. The summed E-state index contributed by atoms with van der Waals surface area (Å²) < 4.78 is 0. The first kappa shape index (κ1) is 7.65. The van der Waals surface area contributed by atoms with E-state index in [-0.39, 0.29) is 23.5 Å². The van der Waals surface area contributed by atoms with E-state index in [1.807, 2.05) is 0 Å². The molecule has 1 amide bonds. The van der Waals surface area contributed by atoms with E-state index >= 15 is 0 Å². The Bertz CT molecular complexity index is 318. The van der Waals surface area contributed by atoms with Gasteiger partial charge in [-0.25, -0.2) is 9.78 Å². The molecule has 4 nitrogen and oxygen atoms in total. The number of carbonyl (C=O) groups is 1. The topological polar surface area (TPSA) is 47.6 Å². The Morgan fingerprint density at radius 3 is 3.36 bits per heavy atom. The average Bonchev–Trinajstić information content (AvgIpc) is 2.79. The summed E-state index contributed by atoms with van der Waals surface area (Å²) in [5, 5.41) is 3.08. The molecule has 1 N–H and O–H groups in total. The molecule has 4 heteroatoms. The Balaban J connectivity index is 1.84. The summed E-state index contributed by atoms with van der Waals surface area (Å²) in [4.78, 5) is 22.5. The zero-order valence-electron chi connectivity index (χ0n) is 7.86. The van der Waals surface area contributed by atoms with Crippen LogP contribution in [0, 0.1) is 11.8 Å². The van der Waals surface area contributed by atoms with Crippen LogP contribution in [0.3, 0.4) is 0 Å². The van der Waals surface area contributed by atoms with Gasteiger partial charge in [-0.2, -0.15) is 0 Å². The highest BCUT2D eigenvalue weighted by Gasteiger charge is 2.69. The number of carbonyl (C=O) groups excluding carboxylic acids is 1. The van der Waals surface area contributed by atoms with Crippen molar-refractivity contribution in [3.05, 3.63) is 0 Å². The van der Waals surface area contributed by atoms with Gasteiger partial charge in [0.1, 0.15) is 11.7 Å².